The number of aliphatic carboxylic acids is 1. The molecule has 1 aliphatic rings. The average molecular weight is 302 g/mol. The summed E-state index contributed by atoms with van der Waals surface area (Å²) in [4.78, 5) is 27.5. The molecule has 2 N–H and O–H groups in total. The van der Waals surface area contributed by atoms with E-state index in [0.29, 0.717) is 11.1 Å². The third kappa shape index (κ3) is 2.11. The predicted octanol–water partition coefficient (Wildman–Crippen LogP) is 2.67. The number of nitrogens with one attached hydrogen (secondary N) is 1. The van der Waals surface area contributed by atoms with Crippen LogP contribution in [0, 0.1) is 23.1 Å². The zero-order valence-corrected chi connectivity index (χ0v) is 12.1. The number of benzene rings is 1. The molecule has 1 heterocycles. The van der Waals surface area contributed by atoms with Gasteiger partial charge in [-0.1, -0.05) is 26.0 Å². The number of amides is 1. The first-order chi connectivity index (χ1) is 10.3. The Morgan fingerprint density at radius 3 is 2.64 bits per heavy atom. The first kappa shape index (κ1) is 14.4. The van der Waals surface area contributed by atoms with Crippen LogP contribution in [0.5, 0.6) is 0 Å². The van der Waals surface area contributed by atoms with E-state index in [4.69, 9.17) is 5.11 Å². The zero-order valence-electron chi connectivity index (χ0n) is 12.1. The SMILES string of the molecule is CC1(C)[C@H](C(=O)Nc2ccnc3c(F)cccc23)[C@@H]1C(=O)O. The average Bonchev–Trinajstić information content (AvgIpc) is 3.03. The number of carboxylic acid groups (broad SMARTS) is 1. The van der Waals surface area contributed by atoms with Gasteiger partial charge in [0, 0.05) is 11.6 Å². The van der Waals surface area contributed by atoms with E-state index in [0.717, 1.165) is 0 Å². The Kier molecular flexibility index (Phi) is 3.12. The minimum atomic E-state index is -0.976. The number of para-hydroxylation sites is 1. The highest BCUT2D eigenvalue weighted by molar-refractivity contribution is 6.05. The largest absolute Gasteiger partial charge is 0.481 e. The molecule has 0 radical (unpaired) electrons. The summed E-state index contributed by atoms with van der Waals surface area (Å²) in [5, 5.41) is 12.3. The molecule has 3 rings (SSSR count). The van der Waals surface area contributed by atoms with Gasteiger partial charge in [-0.2, -0.15) is 0 Å². The highest BCUT2D eigenvalue weighted by Crippen LogP contribution is 2.58. The molecular weight excluding hydrogens is 287 g/mol. The van der Waals surface area contributed by atoms with Gasteiger partial charge >= 0.3 is 5.97 Å². The number of fused-ring (bicyclic) bond motifs is 1. The summed E-state index contributed by atoms with van der Waals surface area (Å²) in [5.74, 6) is -3.10. The molecule has 5 nitrogen and oxygen atoms in total. The maximum atomic E-state index is 13.7. The fourth-order valence-electron chi connectivity index (χ4n) is 3.05. The van der Waals surface area contributed by atoms with E-state index in [1.807, 2.05) is 0 Å². The summed E-state index contributed by atoms with van der Waals surface area (Å²) < 4.78 is 13.7. The van der Waals surface area contributed by atoms with Crippen LogP contribution in [0.1, 0.15) is 13.8 Å². The Morgan fingerprint density at radius 1 is 1.27 bits per heavy atom. The van der Waals surface area contributed by atoms with Gasteiger partial charge in [0.05, 0.1) is 17.5 Å². The second-order valence-electron chi connectivity index (χ2n) is 6.10. The Balaban J connectivity index is 1.90. The lowest BCUT2D eigenvalue weighted by atomic mass is 10.1. The second kappa shape index (κ2) is 4.76. The van der Waals surface area contributed by atoms with Gasteiger partial charge in [-0.3, -0.25) is 14.6 Å². The lowest BCUT2D eigenvalue weighted by Gasteiger charge is -2.09. The van der Waals surface area contributed by atoms with Gasteiger partial charge < -0.3 is 10.4 Å². The molecule has 1 aliphatic carbocycles. The Hall–Kier alpha value is -2.50. The normalized spacial score (nSPS) is 22.3. The summed E-state index contributed by atoms with van der Waals surface area (Å²) in [7, 11) is 0. The first-order valence-corrected chi connectivity index (χ1v) is 6.91. The number of nitrogens with zero attached hydrogens (tertiary/aromatic N) is 1. The molecule has 1 amide bonds. The molecule has 6 heteroatoms. The van der Waals surface area contributed by atoms with Crippen LogP contribution in [0.3, 0.4) is 0 Å². The third-order valence-corrected chi connectivity index (χ3v) is 4.36. The molecule has 22 heavy (non-hydrogen) atoms. The number of carbonyl (C=O) groups is 2. The van der Waals surface area contributed by atoms with Crippen molar-refractivity contribution in [2.45, 2.75) is 13.8 Å². The van der Waals surface area contributed by atoms with Crippen molar-refractivity contribution in [3.8, 4) is 0 Å². The van der Waals surface area contributed by atoms with E-state index in [1.54, 1.807) is 26.0 Å². The number of hydrogen-bond donors (Lipinski definition) is 2. The number of hydrogen-bond acceptors (Lipinski definition) is 3. The highest BCUT2D eigenvalue weighted by Gasteiger charge is 2.65. The van der Waals surface area contributed by atoms with Crippen molar-refractivity contribution in [1.82, 2.24) is 4.98 Å². The third-order valence-electron chi connectivity index (χ3n) is 4.36. The van der Waals surface area contributed by atoms with Crippen LogP contribution < -0.4 is 5.32 Å². The molecule has 1 fully saturated rings. The van der Waals surface area contributed by atoms with Gasteiger partial charge in [-0.15, -0.1) is 0 Å². The number of pyridine rings is 1. The van der Waals surface area contributed by atoms with E-state index in [-0.39, 0.29) is 11.4 Å². The van der Waals surface area contributed by atoms with Crippen LogP contribution in [0.2, 0.25) is 0 Å². The lowest BCUT2D eigenvalue weighted by molar-refractivity contribution is -0.140. The number of aromatic nitrogens is 1. The second-order valence-corrected chi connectivity index (χ2v) is 6.10. The molecule has 2 atom stereocenters. The molecule has 0 spiro atoms. The van der Waals surface area contributed by atoms with Crippen molar-refractivity contribution in [3.05, 3.63) is 36.3 Å². The highest BCUT2D eigenvalue weighted by atomic mass is 19.1. The molecule has 2 aromatic rings. The van der Waals surface area contributed by atoms with Crippen molar-refractivity contribution < 1.29 is 19.1 Å². The summed E-state index contributed by atoms with van der Waals surface area (Å²) >= 11 is 0. The standard InChI is InChI=1S/C16H15FN2O3/c1-16(2)11(12(16)15(21)22)14(20)19-10-6-7-18-13-8(10)4-3-5-9(13)17/h3-7,11-12H,1-2H3,(H,21,22)(H,18,19,20)/t11-,12+/m0/s1. The van der Waals surface area contributed by atoms with Crippen LogP contribution in [0.4, 0.5) is 10.1 Å². The van der Waals surface area contributed by atoms with Crippen molar-refractivity contribution in [1.29, 1.82) is 0 Å². The zero-order chi connectivity index (χ0) is 16.1. The van der Waals surface area contributed by atoms with Crippen molar-refractivity contribution >= 4 is 28.5 Å². The minimum absolute atomic E-state index is 0.171. The number of halogens is 1. The molecule has 0 aliphatic heterocycles. The Bertz CT molecular complexity index is 788. The number of anilines is 1. The molecular formula is C16H15FN2O3. The fraction of sp³-hybridized carbons (Fsp3) is 0.312. The Labute approximate surface area is 126 Å². The number of carbonyl (C=O) groups excluding carboxylic acids is 1. The lowest BCUT2D eigenvalue weighted by Crippen LogP contribution is -2.18. The first-order valence-electron chi connectivity index (χ1n) is 6.91. The number of carboxylic acids is 1. The summed E-state index contributed by atoms with van der Waals surface area (Å²) in [6.45, 7) is 3.50. The molecule has 0 saturated heterocycles. The fourth-order valence-corrected chi connectivity index (χ4v) is 3.05. The van der Waals surface area contributed by atoms with Crippen molar-refractivity contribution in [3.63, 3.8) is 0 Å². The van der Waals surface area contributed by atoms with Gasteiger partial charge in [-0.25, -0.2) is 4.39 Å². The summed E-state index contributed by atoms with van der Waals surface area (Å²) in [5.41, 5.74) is 0.0239. The van der Waals surface area contributed by atoms with Crippen LogP contribution in [0.15, 0.2) is 30.5 Å². The number of rotatable bonds is 3. The maximum absolute atomic E-state index is 13.7. The van der Waals surface area contributed by atoms with Gasteiger partial charge in [-0.05, 0) is 17.5 Å². The molecule has 1 aromatic carbocycles. The Morgan fingerprint density at radius 2 is 2.00 bits per heavy atom. The molecule has 114 valence electrons. The molecule has 0 bridgehead atoms. The van der Waals surface area contributed by atoms with E-state index in [2.05, 4.69) is 10.3 Å². The van der Waals surface area contributed by atoms with Crippen molar-refractivity contribution in [2.75, 3.05) is 5.32 Å². The van der Waals surface area contributed by atoms with Gasteiger partial charge in [0.25, 0.3) is 0 Å². The van der Waals surface area contributed by atoms with Crippen LogP contribution >= 0.6 is 0 Å². The summed E-state index contributed by atoms with van der Waals surface area (Å²) in [6, 6.07) is 6.07. The topological polar surface area (TPSA) is 79.3 Å². The van der Waals surface area contributed by atoms with E-state index in [9.17, 15) is 14.0 Å². The van der Waals surface area contributed by atoms with Crippen LogP contribution in [-0.4, -0.2) is 22.0 Å². The van der Waals surface area contributed by atoms with E-state index >= 15 is 0 Å². The van der Waals surface area contributed by atoms with Crippen molar-refractivity contribution in [2.24, 2.45) is 17.3 Å². The van der Waals surface area contributed by atoms with Crippen LogP contribution in [-0.2, 0) is 9.59 Å². The maximum Gasteiger partial charge on any atom is 0.307 e. The quantitative estimate of drug-likeness (QED) is 0.913. The van der Waals surface area contributed by atoms with E-state index < -0.39 is 29.0 Å². The van der Waals surface area contributed by atoms with Gasteiger partial charge in [0.15, 0.2) is 0 Å². The smallest absolute Gasteiger partial charge is 0.307 e. The van der Waals surface area contributed by atoms with Gasteiger partial charge in [0.1, 0.15) is 11.3 Å². The molecule has 1 aromatic heterocycles. The van der Waals surface area contributed by atoms with Gasteiger partial charge in [0.2, 0.25) is 5.91 Å². The predicted molar refractivity (Wildman–Crippen MR) is 78.7 cm³/mol. The molecule has 0 unspecified atom stereocenters. The van der Waals surface area contributed by atoms with E-state index in [1.165, 1.54) is 18.3 Å². The minimum Gasteiger partial charge on any atom is -0.481 e. The monoisotopic (exact) mass is 302 g/mol. The van der Waals surface area contributed by atoms with Crippen LogP contribution in [0.25, 0.3) is 10.9 Å². The summed E-state index contributed by atoms with van der Waals surface area (Å²) in [6.07, 6.45) is 1.41. The molecule has 1 saturated carbocycles.